The highest BCUT2D eigenvalue weighted by molar-refractivity contribution is 5.69. The third kappa shape index (κ3) is 1.63. The molecule has 96 valence electrons. The van der Waals surface area contributed by atoms with Crippen molar-refractivity contribution < 1.29 is 9.84 Å². The standard InChI is InChI=1S/C11H14N4O3/c1-14-5-13-10-9(11(14)17)12-6-15(10)8-3-2-7(4-16)18-8/h5-8,16H,2-4H2,1H3/t7?,8-/m1/s1. The Morgan fingerprint density at radius 3 is 3.00 bits per heavy atom. The quantitative estimate of drug-likeness (QED) is 0.798. The summed E-state index contributed by atoms with van der Waals surface area (Å²) in [6.07, 6.45) is 4.29. The number of hydrogen-bond donors (Lipinski definition) is 1. The average molecular weight is 250 g/mol. The molecule has 2 aromatic heterocycles. The van der Waals surface area contributed by atoms with Gasteiger partial charge in [-0.05, 0) is 12.8 Å². The second-order valence-electron chi connectivity index (χ2n) is 4.46. The molecule has 3 rings (SSSR count). The van der Waals surface area contributed by atoms with E-state index in [-0.39, 0.29) is 24.5 Å². The SMILES string of the molecule is Cn1cnc2c(ncn2[C@H]2CCC(CO)O2)c1=O. The fourth-order valence-electron chi connectivity index (χ4n) is 2.23. The summed E-state index contributed by atoms with van der Waals surface area (Å²) < 4.78 is 8.81. The van der Waals surface area contributed by atoms with Crippen LogP contribution in [-0.4, -0.2) is 36.9 Å². The van der Waals surface area contributed by atoms with Gasteiger partial charge in [-0.3, -0.25) is 9.36 Å². The average Bonchev–Trinajstić information content (AvgIpc) is 2.99. The summed E-state index contributed by atoms with van der Waals surface area (Å²) in [6.45, 7) is 0.0122. The zero-order chi connectivity index (χ0) is 12.7. The van der Waals surface area contributed by atoms with Crippen LogP contribution >= 0.6 is 0 Å². The second-order valence-corrected chi connectivity index (χ2v) is 4.46. The maximum Gasteiger partial charge on any atom is 0.281 e. The van der Waals surface area contributed by atoms with Gasteiger partial charge in [0.25, 0.3) is 5.56 Å². The van der Waals surface area contributed by atoms with Crippen molar-refractivity contribution in [2.24, 2.45) is 7.05 Å². The summed E-state index contributed by atoms with van der Waals surface area (Å²) in [5.41, 5.74) is 0.702. The van der Waals surface area contributed by atoms with Crippen molar-refractivity contribution in [3.63, 3.8) is 0 Å². The Kier molecular flexibility index (Phi) is 2.64. The van der Waals surface area contributed by atoms with Crippen molar-refractivity contribution in [2.75, 3.05) is 6.61 Å². The number of aliphatic hydroxyl groups excluding tert-OH is 1. The van der Waals surface area contributed by atoms with E-state index in [9.17, 15) is 4.79 Å². The predicted molar refractivity (Wildman–Crippen MR) is 63.0 cm³/mol. The van der Waals surface area contributed by atoms with Gasteiger partial charge < -0.3 is 14.4 Å². The van der Waals surface area contributed by atoms with Crippen LogP contribution in [0.4, 0.5) is 0 Å². The molecule has 3 heterocycles. The monoisotopic (exact) mass is 250 g/mol. The number of hydrogen-bond acceptors (Lipinski definition) is 5. The van der Waals surface area contributed by atoms with E-state index in [1.807, 2.05) is 0 Å². The third-order valence-corrected chi connectivity index (χ3v) is 3.24. The molecule has 1 aliphatic heterocycles. The second kappa shape index (κ2) is 4.18. The number of nitrogens with zero attached hydrogens (tertiary/aromatic N) is 4. The van der Waals surface area contributed by atoms with Crippen LogP contribution in [0.5, 0.6) is 0 Å². The van der Waals surface area contributed by atoms with Gasteiger partial charge in [0.05, 0.1) is 25.4 Å². The topological polar surface area (TPSA) is 82.2 Å². The highest BCUT2D eigenvalue weighted by Gasteiger charge is 2.27. The van der Waals surface area contributed by atoms with Crippen molar-refractivity contribution >= 4 is 11.2 Å². The van der Waals surface area contributed by atoms with E-state index in [0.29, 0.717) is 11.2 Å². The van der Waals surface area contributed by atoms with Gasteiger partial charge in [0, 0.05) is 7.05 Å². The van der Waals surface area contributed by atoms with E-state index in [1.54, 1.807) is 17.9 Å². The first-order valence-corrected chi connectivity index (χ1v) is 5.85. The first kappa shape index (κ1) is 11.4. The minimum atomic E-state index is -0.202. The Labute approximate surface area is 103 Å². The number of imidazole rings is 1. The Balaban J connectivity index is 2.04. The Morgan fingerprint density at radius 1 is 1.44 bits per heavy atom. The van der Waals surface area contributed by atoms with Gasteiger partial charge in [-0.2, -0.15) is 0 Å². The van der Waals surface area contributed by atoms with E-state index in [2.05, 4.69) is 9.97 Å². The van der Waals surface area contributed by atoms with Gasteiger partial charge in [-0.25, -0.2) is 9.97 Å². The van der Waals surface area contributed by atoms with E-state index in [1.165, 1.54) is 10.9 Å². The highest BCUT2D eigenvalue weighted by Crippen LogP contribution is 2.29. The van der Waals surface area contributed by atoms with Gasteiger partial charge in [-0.15, -0.1) is 0 Å². The summed E-state index contributed by atoms with van der Waals surface area (Å²) >= 11 is 0. The smallest absolute Gasteiger partial charge is 0.281 e. The molecular formula is C11H14N4O3. The van der Waals surface area contributed by atoms with Crippen LogP contribution in [-0.2, 0) is 11.8 Å². The molecule has 1 fully saturated rings. The van der Waals surface area contributed by atoms with Crippen LogP contribution in [0, 0.1) is 0 Å². The Hall–Kier alpha value is -1.73. The first-order valence-electron chi connectivity index (χ1n) is 5.85. The number of aliphatic hydroxyl groups is 1. The fourth-order valence-corrected chi connectivity index (χ4v) is 2.23. The predicted octanol–water partition coefficient (Wildman–Crippen LogP) is -0.200. The third-order valence-electron chi connectivity index (χ3n) is 3.24. The molecule has 0 radical (unpaired) electrons. The summed E-state index contributed by atoms with van der Waals surface area (Å²) in [5, 5.41) is 9.06. The van der Waals surface area contributed by atoms with Crippen LogP contribution in [0.2, 0.25) is 0 Å². The molecule has 2 atom stereocenters. The Morgan fingerprint density at radius 2 is 2.28 bits per heavy atom. The zero-order valence-corrected chi connectivity index (χ0v) is 9.98. The molecule has 18 heavy (non-hydrogen) atoms. The molecule has 0 amide bonds. The fraction of sp³-hybridized carbons (Fsp3) is 0.545. The molecule has 1 unspecified atom stereocenters. The molecule has 2 aromatic rings. The van der Waals surface area contributed by atoms with Gasteiger partial charge >= 0.3 is 0 Å². The number of fused-ring (bicyclic) bond motifs is 1. The van der Waals surface area contributed by atoms with Crippen molar-refractivity contribution in [1.82, 2.24) is 19.1 Å². The van der Waals surface area contributed by atoms with Crippen molar-refractivity contribution in [1.29, 1.82) is 0 Å². The molecule has 7 heteroatoms. The molecule has 0 aromatic carbocycles. The molecule has 1 saturated heterocycles. The van der Waals surface area contributed by atoms with Crippen molar-refractivity contribution in [3.05, 3.63) is 23.0 Å². The number of rotatable bonds is 2. The van der Waals surface area contributed by atoms with Gasteiger partial charge in [-0.1, -0.05) is 0 Å². The van der Waals surface area contributed by atoms with E-state index in [4.69, 9.17) is 9.84 Å². The van der Waals surface area contributed by atoms with Crippen LogP contribution in [0.25, 0.3) is 11.2 Å². The molecule has 0 saturated carbocycles. The first-order chi connectivity index (χ1) is 8.70. The normalized spacial score (nSPS) is 23.9. The molecule has 0 aliphatic carbocycles. The minimum absolute atomic E-state index is 0.0122. The van der Waals surface area contributed by atoms with Crippen LogP contribution in [0.15, 0.2) is 17.4 Å². The minimum Gasteiger partial charge on any atom is -0.394 e. The number of aromatic nitrogens is 4. The summed E-state index contributed by atoms with van der Waals surface area (Å²) in [5.74, 6) is 0. The van der Waals surface area contributed by atoms with Crippen LogP contribution in [0.1, 0.15) is 19.1 Å². The maximum atomic E-state index is 11.8. The van der Waals surface area contributed by atoms with Crippen LogP contribution in [0.3, 0.4) is 0 Å². The van der Waals surface area contributed by atoms with Gasteiger partial charge in [0.2, 0.25) is 0 Å². The highest BCUT2D eigenvalue weighted by atomic mass is 16.5. The van der Waals surface area contributed by atoms with Crippen molar-refractivity contribution in [2.45, 2.75) is 25.2 Å². The number of ether oxygens (including phenoxy) is 1. The van der Waals surface area contributed by atoms with E-state index >= 15 is 0 Å². The Bertz CT molecular complexity index is 633. The lowest BCUT2D eigenvalue weighted by molar-refractivity contribution is -0.0207. The lowest BCUT2D eigenvalue weighted by Crippen LogP contribution is -2.18. The lowest BCUT2D eigenvalue weighted by atomic mass is 10.2. The largest absolute Gasteiger partial charge is 0.394 e. The summed E-state index contributed by atoms with van der Waals surface area (Å²) in [6, 6.07) is 0. The van der Waals surface area contributed by atoms with E-state index < -0.39 is 0 Å². The maximum absolute atomic E-state index is 11.8. The zero-order valence-electron chi connectivity index (χ0n) is 9.98. The molecule has 7 nitrogen and oxygen atoms in total. The molecular weight excluding hydrogens is 236 g/mol. The van der Waals surface area contributed by atoms with Gasteiger partial charge in [0.1, 0.15) is 6.23 Å². The van der Waals surface area contributed by atoms with Gasteiger partial charge in [0.15, 0.2) is 11.2 Å². The molecule has 0 bridgehead atoms. The molecule has 0 spiro atoms. The number of aryl methyl sites for hydroxylation is 1. The van der Waals surface area contributed by atoms with Crippen molar-refractivity contribution in [3.8, 4) is 0 Å². The van der Waals surface area contributed by atoms with E-state index in [0.717, 1.165) is 12.8 Å². The van der Waals surface area contributed by atoms with Crippen LogP contribution < -0.4 is 5.56 Å². The summed E-state index contributed by atoms with van der Waals surface area (Å²) in [4.78, 5) is 20.2. The summed E-state index contributed by atoms with van der Waals surface area (Å²) in [7, 11) is 1.64. The lowest BCUT2D eigenvalue weighted by Gasteiger charge is -2.13. The molecule has 1 aliphatic rings. The molecule has 1 N–H and O–H groups in total.